The van der Waals surface area contributed by atoms with Crippen molar-refractivity contribution in [3.63, 3.8) is 0 Å². The summed E-state index contributed by atoms with van der Waals surface area (Å²) in [6, 6.07) is 8.82. The summed E-state index contributed by atoms with van der Waals surface area (Å²) in [7, 11) is 0. The molecule has 0 spiro atoms. The van der Waals surface area contributed by atoms with Crippen LogP contribution in [0.25, 0.3) is 10.9 Å². The summed E-state index contributed by atoms with van der Waals surface area (Å²) in [5.41, 5.74) is 1.94. The fourth-order valence-electron chi connectivity index (χ4n) is 4.21. The van der Waals surface area contributed by atoms with E-state index in [0.29, 0.717) is 18.0 Å². The fourth-order valence-corrected chi connectivity index (χ4v) is 4.21. The second kappa shape index (κ2) is 5.68. The molecule has 4 heteroatoms. The van der Waals surface area contributed by atoms with Crippen molar-refractivity contribution in [2.45, 2.75) is 38.8 Å². The minimum atomic E-state index is 0.0795. The monoisotopic (exact) mass is 311 g/mol. The largest absolute Gasteiger partial charge is 0.348 e. The Bertz CT molecular complexity index is 725. The van der Waals surface area contributed by atoms with Gasteiger partial charge >= 0.3 is 0 Å². The van der Waals surface area contributed by atoms with Crippen LogP contribution in [0.5, 0.6) is 0 Å². The Morgan fingerprint density at radius 1 is 1.22 bits per heavy atom. The van der Waals surface area contributed by atoms with Gasteiger partial charge in [0.05, 0.1) is 0 Å². The quantitative estimate of drug-likeness (QED) is 0.946. The van der Waals surface area contributed by atoms with Gasteiger partial charge in [0.15, 0.2) is 0 Å². The molecule has 1 N–H and O–H groups in total. The summed E-state index contributed by atoms with van der Waals surface area (Å²) in [6.07, 6.45) is 4.53. The lowest BCUT2D eigenvalue weighted by atomic mass is 9.84. The molecule has 5 rings (SSSR count). The molecular formula is C19H25N3O. The lowest BCUT2D eigenvalue weighted by Gasteiger charge is -2.44. The zero-order chi connectivity index (χ0) is 16.0. The third kappa shape index (κ3) is 2.55. The number of nitrogens with one attached hydrogen (secondary N) is 1. The van der Waals surface area contributed by atoms with Crippen LogP contribution in [0.4, 0.5) is 0 Å². The number of nitrogens with zero attached hydrogens (tertiary/aromatic N) is 2. The highest BCUT2D eigenvalue weighted by molar-refractivity contribution is 6.06. The number of piperidine rings is 3. The third-order valence-electron chi connectivity index (χ3n) is 5.54. The van der Waals surface area contributed by atoms with Crippen molar-refractivity contribution < 1.29 is 4.79 Å². The van der Waals surface area contributed by atoms with Crippen molar-refractivity contribution >= 4 is 16.8 Å². The zero-order valence-corrected chi connectivity index (χ0v) is 14.0. The van der Waals surface area contributed by atoms with Gasteiger partial charge in [-0.1, -0.05) is 6.07 Å². The molecule has 0 radical (unpaired) electrons. The number of fused-ring (bicyclic) bond motifs is 4. The molecule has 1 atom stereocenters. The van der Waals surface area contributed by atoms with Crippen molar-refractivity contribution in [3.05, 3.63) is 36.0 Å². The maximum Gasteiger partial charge on any atom is 0.252 e. The van der Waals surface area contributed by atoms with E-state index in [1.165, 1.54) is 25.9 Å². The lowest BCUT2D eigenvalue weighted by Crippen LogP contribution is -2.57. The number of carbonyl (C=O) groups is 1. The molecule has 1 aromatic heterocycles. The summed E-state index contributed by atoms with van der Waals surface area (Å²) in [4.78, 5) is 15.3. The summed E-state index contributed by atoms with van der Waals surface area (Å²) in [5.74, 6) is 0.735. The van der Waals surface area contributed by atoms with Gasteiger partial charge in [-0.15, -0.1) is 0 Å². The molecule has 1 amide bonds. The smallest absolute Gasteiger partial charge is 0.252 e. The standard InChI is InChI=1S/C19H25N3O/c1-13(2)22-11-8-15-16(4-3-5-18(15)22)19(23)20-17-12-21-9-6-14(17)7-10-21/h3-5,8,11,13-14,17H,6-7,9-10,12H2,1-2H3,(H,20,23)/t17-/m1/s1. The van der Waals surface area contributed by atoms with Crippen LogP contribution in [0.15, 0.2) is 30.5 Å². The normalized spacial score (nSPS) is 26.8. The Morgan fingerprint density at radius 3 is 2.65 bits per heavy atom. The SMILES string of the molecule is CC(C)n1ccc2c(C(=O)N[C@@H]3CN4CCC3CC4)cccc21. The lowest BCUT2D eigenvalue weighted by molar-refractivity contribution is 0.0621. The average molecular weight is 311 g/mol. The van der Waals surface area contributed by atoms with Gasteiger partial charge in [0.2, 0.25) is 0 Å². The van der Waals surface area contributed by atoms with E-state index in [1.54, 1.807) is 0 Å². The molecule has 1 aromatic carbocycles. The Balaban J connectivity index is 1.60. The highest BCUT2D eigenvalue weighted by atomic mass is 16.1. The Labute approximate surface area is 137 Å². The molecule has 3 aliphatic heterocycles. The van der Waals surface area contributed by atoms with E-state index >= 15 is 0 Å². The molecule has 4 nitrogen and oxygen atoms in total. The second-order valence-electron chi connectivity index (χ2n) is 7.27. The average Bonchev–Trinajstić information content (AvgIpc) is 3.00. The third-order valence-corrected chi connectivity index (χ3v) is 5.54. The maximum atomic E-state index is 12.8. The van der Waals surface area contributed by atoms with Crippen LogP contribution in [-0.2, 0) is 0 Å². The topological polar surface area (TPSA) is 37.3 Å². The predicted octanol–water partition coefficient (Wildman–Crippen LogP) is 3.05. The van der Waals surface area contributed by atoms with Crippen molar-refractivity contribution in [2.75, 3.05) is 19.6 Å². The first-order valence-electron chi connectivity index (χ1n) is 8.76. The summed E-state index contributed by atoms with van der Waals surface area (Å²) in [6.45, 7) is 7.74. The van der Waals surface area contributed by atoms with Crippen LogP contribution in [0, 0.1) is 5.92 Å². The summed E-state index contributed by atoms with van der Waals surface area (Å²) in [5, 5.41) is 4.36. The van der Waals surface area contributed by atoms with Crippen molar-refractivity contribution in [2.24, 2.45) is 5.92 Å². The minimum Gasteiger partial charge on any atom is -0.348 e. The molecule has 23 heavy (non-hydrogen) atoms. The van der Waals surface area contributed by atoms with Crippen LogP contribution in [0.2, 0.25) is 0 Å². The van der Waals surface area contributed by atoms with Crippen LogP contribution in [0.3, 0.4) is 0 Å². The first-order valence-corrected chi connectivity index (χ1v) is 8.76. The summed E-state index contributed by atoms with van der Waals surface area (Å²) < 4.78 is 2.22. The number of aromatic nitrogens is 1. The van der Waals surface area contributed by atoms with Gasteiger partial charge in [-0.3, -0.25) is 4.79 Å². The van der Waals surface area contributed by atoms with Crippen molar-refractivity contribution in [1.82, 2.24) is 14.8 Å². The van der Waals surface area contributed by atoms with E-state index in [4.69, 9.17) is 0 Å². The molecule has 0 unspecified atom stereocenters. The zero-order valence-electron chi connectivity index (χ0n) is 14.0. The Hall–Kier alpha value is -1.81. The van der Waals surface area contributed by atoms with E-state index in [-0.39, 0.29) is 5.91 Å². The molecular weight excluding hydrogens is 286 g/mol. The molecule has 3 aliphatic rings. The number of hydrogen-bond acceptors (Lipinski definition) is 2. The number of rotatable bonds is 3. The van der Waals surface area contributed by atoms with Crippen LogP contribution >= 0.6 is 0 Å². The molecule has 0 aliphatic carbocycles. The fraction of sp³-hybridized carbons (Fsp3) is 0.526. The van der Waals surface area contributed by atoms with E-state index in [2.05, 4.69) is 47.0 Å². The summed E-state index contributed by atoms with van der Waals surface area (Å²) >= 11 is 0. The maximum absolute atomic E-state index is 12.8. The van der Waals surface area contributed by atoms with Gasteiger partial charge < -0.3 is 14.8 Å². The Kier molecular flexibility index (Phi) is 3.64. The van der Waals surface area contributed by atoms with Gasteiger partial charge in [0.1, 0.15) is 0 Å². The Morgan fingerprint density at radius 2 is 2.00 bits per heavy atom. The molecule has 3 saturated heterocycles. The van der Waals surface area contributed by atoms with E-state index in [1.807, 2.05) is 12.1 Å². The first kappa shape index (κ1) is 14.8. The van der Waals surface area contributed by atoms with Crippen LogP contribution < -0.4 is 5.32 Å². The minimum absolute atomic E-state index is 0.0795. The number of amides is 1. The first-order chi connectivity index (χ1) is 11.1. The van der Waals surface area contributed by atoms with Crippen LogP contribution in [0.1, 0.15) is 43.1 Å². The molecule has 3 fully saturated rings. The van der Waals surface area contributed by atoms with Crippen molar-refractivity contribution in [1.29, 1.82) is 0 Å². The van der Waals surface area contributed by atoms with E-state index in [9.17, 15) is 4.79 Å². The highest BCUT2D eigenvalue weighted by Gasteiger charge is 2.35. The van der Waals surface area contributed by atoms with Gasteiger partial charge in [-0.05, 0) is 63.9 Å². The van der Waals surface area contributed by atoms with Gasteiger partial charge in [-0.25, -0.2) is 0 Å². The molecule has 4 heterocycles. The van der Waals surface area contributed by atoms with Gasteiger partial charge in [0, 0.05) is 41.3 Å². The molecule has 2 aromatic rings. The van der Waals surface area contributed by atoms with Crippen LogP contribution in [-0.4, -0.2) is 41.1 Å². The van der Waals surface area contributed by atoms with Crippen molar-refractivity contribution in [3.8, 4) is 0 Å². The molecule has 2 bridgehead atoms. The number of carbonyl (C=O) groups excluding carboxylic acids is 1. The van der Waals surface area contributed by atoms with E-state index in [0.717, 1.165) is 23.0 Å². The van der Waals surface area contributed by atoms with Gasteiger partial charge in [0.25, 0.3) is 5.91 Å². The highest BCUT2D eigenvalue weighted by Crippen LogP contribution is 2.28. The predicted molar refractivity (Wildman–Crippen MR) is 92.7 cm³/mol. The second-order valence-corrected chi connectivity index (χ2v) is 7.27. The van der Waals surface area contributed by atoms with E-state index < -0.39 is 0 Å². The van der Waals surface area contributed by atoms with Gasteiger partial charge in [-0.2, -0.15) is 0 Å². The number of benzene rings is 1. The molecule has 122 valence electrons. The number of hydrogen-bond donors (Lipinski definition) is 1. The molecule has 0 saturated carbocycles.